The molecule has 0 fully saturated rings. The molecule has 1 unspecified atom stereocenters. The lowest BCUT2D eigenvalue weighted by atomic mass is 10.1. The Morgan fingerprint density at radius 1 is 1.53 bits per heavy atom. The monoisotopic (exact) mass is 239 g/mol. The Kier molecular flexibility index (Phi) is 5.63. The fraction of sp³-hybridized carbons (Fsp3) is 0.462. The summed E-state index contributed by atoms with van der Waals surface area (Å²) >= 11 is 0. The Morgan fingerprint density at radius 2 is 2.29 bits per heavy atom. The molecule has 4 heteroatoms. The number of hydrogen-bond acceptors (Lipinski definition) is 2. The third-order valence-corrected chi connectivity index (χ3v) is 2.48. The molecule has 0 bridgehead atoms. The highest BCUT2D eigenvalue weighted by Gasteiger charge is 2.10. The summed E-state index contributed by atoms with van der Waals surface area (Å²) < 4.78 is 17.9. The van der Waals surface area contributed by atoms with Gasteiger partial charge >= 0.3 is 0 Å². The van der Waals surface area contributed by atoms with Gasteiger partial charge in [-0.2, -0.15) is 0 Å². The van der Waals surface area contributed by atoms with Crippen LogP contribution in [0.3, 0.4) is 0 Å². The molecule has 94 valence electrons. The summed E-state index contributed by atoms with van der Waals surface area (Å²) in [5, 5.41) is 2.85. The van der Waals surface area contributed by atoms with Gasteiger partial charge in [0.1, 0.15) is 5.82 Å². The van der Waals surface area contributed by atoms with Gasteiger partial charge in [-0.3, -0.25) is 4.79 Å². The first kappa shape index (κ1) is 13.6. The minimum atomic E-state index is -0.320. The molecule has 1 aromatic carbocycles. The number of methoxy groups -OCH3 is 1. The van der Waals surface area contributed by atoms with Crippen LogP contribution in [0.15, 0.2) is 24.3 Å². The highest BCUT2D eigenvalue weighted by Crippen LogP contribution is 2.04. The molecule has 1 amide bonds. The second-order valence-electron chi connectivity index (χ2n) is 3.93. The van der Waals surface area contributed by atoms with E-state index in [0.717, 1.165) is 6.42 Å². The number of amides is 1. The molecule has 0 aliphatic rings. The van der Waals surface area contributed by atoms with Gasteiger partial charge in [0, 0.05) is 7.11 Å². The number of benzene rings is 1. The third kappa shape index (κ3) is 4.95. The predicted molar refractivity (Wildman–Crippen MR) is 64.2 cm³/mol. The number of carbonyl (C=O) groups is 1. The summed E-state index contributed by atoms with van der Waals surface area (Å²) in [5.74, 6) is -0.432. The molecule has 1 atom stereocenters. The summed E-state index contributed by atoms with van der Waals surface area (Å²) in [6.45, 7) is 2.47. The van der Waals surface area contributed by atoms with Crippen LogP contribution in [0.5, 0.6) is 0 Å². The van der Waals surface area contributed by atoms with Crippen molar-refractivity contribution in [1.82, 2.24) is 5.32 Å². The van der Waals surface area contributed by atoms with E-state index in [2.05, 4.69) is 5.32 Å². The second-order valence-corrected chi connectivity index (χ2v) is 3.93. The van der Waals surface area contributed by atoms with Crippen LogP contribution in [0.4, 0.5) is 4.39 Å². The highest BCUT2D eigenvalue weighted by atomic mass is 19.1. The Bertz CT molecular complexity index is 368. The maximum Gasteiger partial charge on any atom is 0.224 e. The van der Waals surface area contributed by atoms with Gasteiger partial charge in [-0.25, -0.2) is 4.39 Å². The van der Waals surface area contributed by atoms with Gasteiger partial charge in [-0.1, -0.05) is 19.1 Å². The predicted octanol–water partition coefficient (Wildman–Crippen LogP) is 1.91. The van der Waals surface area contributed by atoms with E-state index in [9.17, 15) is 9.18 Å². The topological polar surface area (TPSA) is 38.3 Å². The zero-order chi connectivity index (χ0) is 12.7. The van der Waals surface area contributed by atoms with Crippen molar-refractivity contribution in [2.75, 3.05) is 13.7 Å². The van der Waals surface area contributed by atoms with Crippen LogP contribution >= 0.6 is 0 Å². The lowest BCUT2D eigenvalue weighted by molar-refractivity contribution is -0.121. The molecule has 0 heterocycles. The van der Waals surface area contributed by atoms with Crippen molar-refractivity contribution in [2.45, 2.75) is 25.8 Å². The molecule has 0 spiro atoms. The average molecular weight is 239 g/mol. The van der Waals surface area contributed by atoms with E-state index in [1.165, 1.54) is 12.1 Å². The van der Waals surface area contributed by atoms with Crippen LogP contribution in [0, 0.1) is 5.82 Å². The average Bonchev–Trinajstić information content (AvgIpc) is 2.28. The Morgan fingerprint density at radius 3 is 2.88 bits per heavy atom. The molecular weight excluding hydrogens is 221 g/mol. The third-order valence-electron chi connectivity index (χ3n) is 2.48. The molecule has 1 rings (SSSR count). The van der Waals surface area contributed by atoms with E-state index in [4.69, 9.17) is 4.74 Å². The van der Waals surface area contributed by atoms with Crippen LogP contribution in [0.2, 0.25) is 0 Å². The van der Waals surface area contributed by atoms with Crippen molar-refractivity contribution in [3.05, 3.63) is 35.6 Å². The van der Waals surface area contributed by atoms with E-state index in [1.54, 1.807) is 19.2 Å². The van der Waals surface area contributed by atoms with Crippen molar-refractivity contribution in [3.63, 3.8) is 0 Å². The maximum absolute atomic E-state index is 12.9. The summed E-state index contributed by atoms with van der Waals surface area (Å²) in [6, 6.07) is 6.09. The first-order valence-corrected chi connectivity index (χ1v) is 5.68. The molecule has 1 N–H and O–H groups in total. The molecule has 0 saturated heterocycles. The van der Waals surface area contributed by atoms with Crippen LogP contribution < -0.4 is 5.32 Å². The van der Waals surface area contributed by atoms with Gasteiger partial charge in [0.15, 0.2) is 0 Å². The lowest BCUT2D eigenvalue weighted by Gasteiger charge is -2.15. The zero-order valence-electron chi connectivity index (χ0n) is 10.2. The maximum atomic E-state index is 12.9. The molecule has 17 heavy (non-hydrogen) atoms. The minimum absolute atomic E-state index is 0.0149. The first-order valence-electron chi connectivity index (χ1n) is 5.68. The number of nitrogens with one attached hydrogen (secondary N) is 1. The Balaban J connectivity index is 2.49. The number of hydrogen-bond donors (Lipinski definition) is 1. The number of rotatable bonds is 6. The van der Waals surface area contributed by atoms with Gasteiger partial charge in [0.05, 0.1) is 19.1 Å². The van der Waals surface area contributed by atoms with Gasteiger partial charge in [0.25, 0.3) is 0 Å². The van der Waals surface area contributed by atoms with E-state index >= 15 is 0 Å². The van der Waals surface area contributed by atoms with E-state index in [0.29, 0.717) is 12.2 Å². The first-order chi connectivity index (χ1) is 8.15. The van der Waals surface area contributed by atoms with Gasteiger partial charge in [0.2, 0.25) is 5.91 Å². The van der Waals surface area contributed by atoms with Gasteiger partial charge < -0.3 is 10.1 Å². The normalized spacial score (nSPS) is 12.2. The van der Waals surface area contributed by atoms with Gasteiger partial charge in [-0.05, 0) is 24.1 Å². The van der Waals surface area contributed by atoms with Crippen LogP contribution in [0.1, 0.15) is 18.9 Å². The molecule has 0 aliphatic heterocycles. The highest BCUT2D eigenvalue weighted by molar-refractivity contribution is 5.78. The lowest BCUT2D eigenvalue weighted by Crippen LogP contribution is -2.38. The minimum Gasteiger partial charge on any atom is -0.383 e. The van der Waals surface area contributed by atoms with E-state index in [1.807, 2.05) is 6.92 Å². The zero-order valence-corrected chi connectivity index (χ0v) is 10.2. The molecule has 3 nitrogen and oxygen atoms in total. The molecular formula is C13H18FNO2. The second kappa shape index (κ2) is 7.01. The summed E-state index contributed by atoms with van der Waals surface area (Å²) in [6.07, 6.45) is 1.00. The van der Waals surface area contributed by atoms with Crippen LogP contribution in [0.25, 0.3) is 0 Å². The Hall–Kier alpha value is -1.42. The Labute approximate surface area is 101 Å². The van der Waals surface area contributed by atoms with E-state index in [-0.39, 0.29) is 24.2 Å². The summed E-state index contributed by atoms with van der Waals surface area (Å²) in [7, 11) is 1.60. The smallest absolute Gasteiger partial charge is 0.224 e. The SMILES string of the molecule is CCC(COC)NC(=O)Cc1cccc(F)c1. The summed E-state index contributed by atoms with van der Waals surface area (Å²) in [5.41, 5.74) is 0.676. The van der Waals surface area contributed by atoms with Crippen molar-refractivity contribution >= 4 is 5.91 Å². The standard InChI is InChI=1S/C13H18FNO2/c1-3-12(9-17-2)15-13(16)8-10-5-4-6-11(14)7-10/h4-7,12H,3,8-9H2,1-2H3,(H,15,16). The number of halogens is 1. The molecule has 0 saturated carbocycles. The summed E-state index contributed by atoms with van der Waals surface area (Å²) in [4.78, 5) is 11.7. The molecule has 0 aromatic heterocycles. The van der Waals surface area contributed by atoms with Crippen molar-refractivity contribution in [2.24, 2.45) is 0 Å². The molecule has 1 aromatic rings. The quantitative estimate of drug-likeness (QED) is 0.823. The fourth-order valence-electron chi connectivity index (χ4n) is 1.57. The fourth-order valence-corrected chi connectivity index (χ4v) is 1.57. The molecule has 0 radical (unpaired) electrons. The van der Waals surface area contributed by atoms with Crippen molar-refractivity contribution in [3.8, 4) is 0 Å². The van der Waals surface area contributed by atoms with Crippen molar-refractivity contribution in [1.29, 1.82) is 0 Å². The largest absolute Gasteiger partial charge is 0.383 e. The van der Waals surface area contributed by atoms with Crippen molar-refractivity contribution < 1.29 is 13.9 Å². The van der Waals surface area contributed by atoms with Gasteiger partial charge in [-0.15, -0.1) is 0 Å². The number of carbonyl (C=O) groups excluding carboxylic acids is 1. The van der Waals surface area contributed by atoms with Crippen LogP contribution in [-0.4, -0.2) is 25.7 Å². The van der Waals surface area contributed by atoms with Crippen LogP contribution in [-0.2, 0) is 16.0 Å². The molecule has 0 aliphatic carbocycles. The number of ether oxygens (including phenoxy) is 1. The van der Waals surface area contributed by atoms with E-state index < -0.39 is 0 Å².